The Kier molecular flexibility index (Phi) is 4.93. The number of aryl methyl sites for hydroxylation is 3. The van der Waals surface area contributed by atoms with Crippen LogP contribution in [0, 0.1) is 20.8 Å². The van der Waals surface area contributed by atoms with Crippen LogP contribution in [0.25, 0.3) is 0 Å². The lowest BCUT2D eigenvalue weighted by atomic mass is 9.96. The lowest BCUT2D eigenvalue weighted by Crippen LogP contribution is -2.34. The standard InChI is InChI=1S/C20H30N6O/c1-14-11-16(3)25(22-14)18-9-10-24(13-18)20(27)21-19-12-15(2)23-26(19)17-7-5-4-6-8-17/h11-12,17-18H,4-10,13H2,1-3H3,(H,21,27)/t18-/m1/s1. The molecule has 1 saturated heterocycles. The SMILES string of the molecule is Cc1cc(NC(=O)N2CC[C@@H](n3nc(C)cc3C)C2)n(C2CCCCC2)n1. The van der Waals surface area contributed by atoms with Crippen molar-refractivity contribution in [2.45, 2.75) is 71.4 Å². The minimum atomic E-state index is -0.0315. The van der Waals surface area contributed by atoms with Gasteiger partial charge in [0.15, 0.2) is 0 Å². The van der Waals surface area contributed by atoms with E-state index >= 15 is 0 Å². The van der Waals surface area contributed by atoms with Crippen LogP contribution in [0.15, 0.2) is 12.1 Å². The van der Waals surface area contributed by atoms with Crippen molar-refractivity contribution in [3.8, 4) is 0 Å². The molecule has 0 unspecified atom stereocenters. The number of rotatable bonds is 3. The molecular weight excluding hydrogens is 340 g/mol. The molecule has 2 aromatic heterocycles. The quantitative estimate of drug-likeness (QED) is 0.888. The van der Waals surface area contributed by atoms with Gasteiger partial charge in [-0.15, -0.1) is 0 Å². The first-order valence-electron chi connectivity index (χ1n) is 10.2. The molecule has 1 aliphatic heterocycles. The Balaban J connectivity index is 1.43. The van der Waals surface area contributed by atoms with Crippen molar-refractivity contribution in [2.24, 2.45) is 0 Å². The first-order chi connectivity index (χ1) is 13.0. The van der Waals surface area contributed by atoms with E-state index in [2.05, 4.69) is 33.2 Å². The van der Waals surface area contributed by atoms with Crippen molar-refractivity contribution < 1.29 is 4.79 Å². The molecule has 0 aromatic carbocycles. The molecule has 3 heterocycles. The maximum absolute atomic E-state index is 12.9. The fourth-order valence-corrected chi connectivity index (χ4v) is 4.54. The normalized spacial score (nSPS) is 21.0. The molecule has 2 amide bonds. The molecule has 4 rings (SSSR count). The highest BCUT2D eigenvalue weighted by atomic mass is 16.2. The molecule has 0 radical (unpaired) electrons. The van der Waals surface area contributed by atoms with Gasteiger partial charge in [-0.25, -0.2) is 9.48 Å². The van der Waals surface area contributed by atoms with Crippen LogP contribution in [0.5, 0.6) is 0 Å². The topological polar surface area (TPSA) is 68.0 Å². The summed E-state index contributed by atoms with van der Waals surface area (Å²) in [4.78, 5) is 14.8. The number of nitrogens with one attached hydrogen (secondary N) is 1. The van der Waals surface area contributed by atoms with Crippen LogP contribution in [0.3, 0.4) is 0 Å². The van der Waals surface area contributed by atoms with E-state index < -0.39 is 0 Å². The van der Waals surface area contributed by atoms with Gasteiger partial charge < -0.3 is 4.90 Å². The molecule has 146 valence electrons. The van der Waals surface area contributed by atoms with E-state index in [0.29, 0.717) is 12.6 Å². The average molecular weight is 371 g/mol. The number of hydrogen-bond donors (Lipinski definition) is 1. The summed E-state index contributed by atoms with van der Waals surface area (Å²) in [6.45, 7) is 7.53. The molecule has 7 nitrogen and oxygen atoms in total. The summed E-state index contributed by atoms with van der Waals surface area (Å²) in [7, 11) is 0. The van der Waals surface area contributed by atoms with Gasteiger partial charge >= 0.3 is 6.03 Å². The smallest absolute Gasteiger partial charge is 0.322 e. The van der Waals surface area contributed by atoms with Gasteiger partial charge in [-0.05, 0) is 46.1 Å². The molecule has 0 bridgehead atoms. The summed E-state index contributed by atoms with van der Waals surface area (Å²) >= 11 is 0. The molecule has 1 aliphatic carbocycles. The number of urea groups is 1. The van der Waals surface area contributed by atoms with Crippen molar-refractivity contribution in [3.05, 3.63) is 29.2 Å². The molecule has 2 aliphatic rings. The number of carbonyl (C=O) groups is 1. The van der Waals surface area contributed by atoms with Crippen LogP contribution in [-0.2, 0) is 0 Å². The molecule has 1 saturated carbocycles. The van der Waals surface area contributed by atoms with Crippen molar-refractivity contribution in [1.29, 1.82) is 0 Å². The highest BCUT2D eigenvalue weighted by Crippen LogP contribution is 2.31. The third-order valence-electron chi connectivity index (χ3n) is 5.85. The summed E-state index contributed by atoms with van der Waals surface area (Å²) in [5, 5.41) is 12.4. The van der Waals surface area contributed by atoms with Gasteiger partial charge in [-0.2, -0.15) is 10.2 Å². The Morgan fingerprint density at radius 3 is 2.37 bits per heavy atom. The van der Waals surface area contributed by atoms with E-state index in [1.807, 2.05) is 29.5 Å². The largest absolute Gasteiger partial charge is 0.323 e. The number of nitrogens with zero attached hydrogens (tertiary/aromatic N) is 5. The fourth-order valence-electron chi connectivity index (χ4n) is 4.54. The first-order valence-corrected chi connectivity index (χ1v) is 10.2. The zero-order valence-corrected chi connectivity index (χ0v) is 16.6. The Morgan fingerprint density at radius 2 is 1.67 bits per heavy atom. The van der Waals surface area contributed by atoms with Crippen LogP contribution in [0.1, 0.15) is 67.7 Å². The third-order valence-corrected chi connectivity index (χ3v) is 5.85. The monoisotopic (exact) mass is 370 g/mol. The van der Waals surface area contributed by atoms with Crippen molar-refractivity contribution in [3.63, 3.8) is 0 Å². The van der Waals surface area contributed by atoms with Gasteiger partial charge in [0, 0.05) is 24.8 Å². The number of carbonyl (C=O) groups excluding carboxylic acids is 1. The second kappa shape index (κ2) is 7.37. The second-order valence-corrected chi connectivity index (χ2v) is 8.10. The fraction of sp³-hybridized carbons (Fsp3) is 0.650. The Morgan fingerprint density at radius 1 is 0.963 bits per heavy atom. The summed E-state index contributed by atoms with van der Waals surface area (Å²) in [5.41, 5.74) is 3.14. The summed E-state index contributed by atoms with van der Waals surface area (Å²) in [5.74, 6) is 0.832. The third kappa shape index (κ3) is 3.73. The predicted molar refractivity (Wildman–Crippen MR) is 105 cm³/mol. The lowest BCUT2D eigenvalue weighted by molar-refractivity contribution is 0.220. The van der Waals surface area contributed by atoms with E-state index in [-0.39, 0.29) is 12.1 Å². The van der Waals surface area contributed by atoms with E-state index in [0.717, 1.165) is 48.7 Å². The molecule has 2 aromatic rings. The molecule has 27 heavy (non-hydrogen) atoms. The summed E-state index contributed by atoms with van der Waals surface area (Å²) in [6.07, 6.45) is 7.03. The zero-order chi connectivity index (χ0) is 19.0. The van der Waals surface area contributed by atoms with Crippen molar-refractivity contribution in [1.82, 2.24) is 24.5 Å². The molecular formula is C20H30N6O. The Hall–Kier alpha value is -2.31. The van der Waals surface area contributed by atoms with Gasteiger partial charge in [0.2, 0.25) is 0 Å². The molecule has 1 N–H and O–H groups in total. The minimum Gasteiger partial charge on any atom is -0.322 e. The molecule has 7 heteroatoms. The van der Waals surface area contributed by atoms with E-state index in [9.17, 15) is 4.79 Å². The van der Waals surface area contributed by atoms with Gasteiger partial charge in [0.1, 0.15) is 5.82 Å². The van der Waals surface area contributed by atoms with Crippen molar-refractivity contribution >= 4 is 11.8 Å². The highest BCUT2D eigenvalue weighted by molar-refractivity contribution is 5.88. The van der Waals surface area contributed by atoms with Crippen LogP contribution in [0.2, 0.25) is 0 Å². The van der Waals surface area contributed by atoms with E-state index in [4.69, 9.17) is 0 Å². The number of likely N-dealkylation sites (tertiary alicyclic amines) is 1. The highest BCUT2D eigenvalue weighted by Gasteiger charge is 2.30. The van der Waals surface area contributed by atoms with Crippen LogP contribution in [-0.4, -0.2) is 43.6 Å². The molecule has 1 atom stereocenters. The zero-order valence-electron chi connectivity index (χ0n) is 16.6. The second-order valence-electron chi connectivity index (χ2n) is 8.10. The Bertz CT molecular complexity index is 817. The maximum Gasteiger partial charge on any atom is 0.323 e. The summed E-state index contributed by atoms with van der Waals surface area (Å²) < 4.78 is 4.11. The van der Waals surface area contributed by atoms with Crippen molar-refractivity contribution in [2.75, 3.05) is 18.4 Å². The lowest BCUT2D eigenvalue weighted by Gasteiger charge is -2.25. The number of aromatic nitrogens is 4. The minimum absolute atomic E-state index is 0.0315. The van der Waals surface area contributed by atoms with Gasteiger partial charge in [0.05, 0.1) is 23.5 Å². The van der Waals surface area contributed by atoms with E-state index in [1.165, 1.54) is 19.3 Å². The number of hydrogen-bond acceptors (Lipinski definition) is 3. The summed E-state index contributed by atoms with van der Waals surface area (Å²) in [6, 6.07) is 4.71. The average Bonchev–Trinajstić information content (AvgIpc) is 3.34. The predicted octanol–water partition coefficient (Wildman–Crippen LogP) is 3.99. The van der Waals surface area contributed by atoms with Crippen LogP contribution < -0.4 is 5.32 Å². The molecule has 0 spiro atoms. The van der Waals surface area contributed by atoms with E-state index in [1.54, 1.807) is 0 Å². The first kappa shape index (κ1) is 18.1. The van der Waals surface area contributed by atoms with Crippen LogP contribution >= 0.6 is 0 Å². The van der Waals surface area contributed by atoms with Gasteiger partial charge in [-0.3, -0.25) is 10.00 Å². The number of amides is 2. The maximum atomic E-state index is 12.9. The van der Waals surface area contributed by atoms with Gasteiger partial charge in [0.25, 0.3) is 0 Å². The van der Waals surface area contributed by atoms with Crippen LogP contribution in [0.4, 0.5) is 10.6 Å². The molecule has 2 fully saturated rings. The Labute approximate surface area is 160 Å². The number of anilines is 1. The van der Waals surface area contributed by atoms with Gasteiger partial charge in [-0.1, -0.05) is 19.3 Å².